The number of ether oxygens (including phenoxy) is 3. The summed E-state index contributed by atoms with van der Waals surface area (Å²) in [5.41, 5.74) is 0.549. The zero-order valence-electron chi connectivity index (χ0n) is 12.1. The molecule has 0 N–H and O–H groups in total. The van der Waals surface area contributed by atoms with Crippen LogP contribution in [0.1, 0.15) is 31.7 Å². The molecule has 6 heteroatoms. The average Bonchev–Trinajstić information content (AvgIpc) is 3.21. The molecule has 1 saturated carbocycles. The highest BCUT2D eigenvalue weighted by atomic mass is 35.5. The van der Waals surface area contributed by atoms with E-state index in [0.29, 0.717) is 24.1 Å². The molecule has 1 aliphatic heterocycles. The van der Waals surface area contributed by atoms with Crippen molar-refractivity contribution in [3.8, 4) is 5.88 Å². The Bertz CT molecular complexity index is 565. The normalized spacial score (nSPS) is 30.4. The van der Waals surface area contributed by atoms with E-state index in [4.69, 9.17) is 25.8 Å². The van der Waals surface area contributed by atoms with E-state index in [0.717, 1.165) is 18.4 Å². The van der Waals surface area contributed by atoms with Crippen LogP contribution < -0.4 is 4.74 Å². The fraction of sp³-hybridized carbons (Fsp3) is 0.600. The van der Waals surface area contributed by atoms with Crippen LogP contribution in [-0.4, -0.2) is 30.8 Å². The molecule has 5 nitrogen and oxygen atoms in total. The Labute approximate surface area is 128 Å². The molecule has 0 amide bonds. The Morgan fingerprint density at radius 2 is 2.38 bits per heavy atom. The molecule has 1 aromatic rings. The third-order valence-corrected chi connectivity index (χ3v) is 4.48. The maximum absolute atomic E-state index is 11.8. The van der Waals surface area contributed by atoms with E-state index < -0.39 is 0 Å². The molecule has 0 aromatic carbocycles. The summed E-state index contributed by atoms with van der Waals surface area (Å²) in [7, 11) is 1.57. The second-order valence-electron chi connectivity index (χ2n) is 5.41. The molecule has 3 atom stereocenters. The van der Waals surface area contributed by atoms with E-state index in [2.05, 4.69) is 4.98 Å². The molecule has 2 heterocycles. The molecule has 1 saturated heterocycles. The number of aromatic nitrogens is 1. The Kier molecular flexibility index (Phi) is 3.80. The van der Waals surface area contributed by atoms with Crippen LogP contribution in [0.2, 0.25) is 5.15 Å². The number of halogens is 1. The first-order chi connectivity index (χ1) is 10.1. The van der Waals surface area contributed by atoms with Crippen LogP contribution in [-0.2, 0) is 19.9 Å². The molecule has 0 radical (unpaired) electrons. The van der Waals surface area contributed by atoms with Crippen LogP contribution in [0.5, 0.6) is 5.88 Å². The number of epoxide rings is 1. The van der Waals surface area contributed by atoms with E-state index in [1.165, 1.54) is 0 Å². The maximum Gasteiger partial charge on any atom is 0.309 e. The third-order valence-electron chi connectivity index (χ3n) is 4.27. The molecule has 21 heavy (non-hydrogen) atoms. The summed E-state index contributed by atoms with van der Waals surface area (Å²) in [6.07, 6.45) is 2.23. The molecule has 3 unspecified atom stereocenters. The van der Waals surface area contributed by atoms with Crippen LogP contribution in [0.25, 0.3) is 0 Å². The Morgan fingerprint density at radius 1 is 1.57 bits per heavy atom. The van der Waals surface area contributed by atoms with Gasteiger partial charge >= 0.3 is 5.97 Å². The van der Waals surface area contributed by atoms with Gasteiger partial charge in [-0.1, -0.05) is 11.6 Å². The summed E-state index contributed by atoms with van der Waals surface area (Å²) in [6.45, 7) is 2.24. The summed E-state index contributed by atoms with van der Waals surface area (Å²) in [6, 6.07) is 3.64. The number of pyridine rings is 1. The van der Waals surface area contributed by atoms with Crippen molar-refractivity contribution in [1.29, 1.82) is 0 Å². The minimum absolute atomic E-state index is 0.0255. The predicted octanol–water partition coefficient (Wildman–Crippen LogP) is 2.70. The van der Waals surface area contributed by atoms with E-state index in [9.17, 15) is 4.79 Å². The monoisotopic (exact) mass is 311 g/mol. The van der Waals surface area contributed by atoms with Crippen molar-refractivity contribution in [2.45, 2.75) is 37.9 Å². The fourth-order valence-electron chi connectivity index (χ4n) is 3.18. The lowest BCUT2D eigenvalue weighted by Gasteiger charge is -2.24. The molecular weight excluding hydrogens is 294 g/mol. The second kappa shape index (κ2) is 5.46. The van der Waals surface area contributed by atoms with Crippen LogP contribution in [0.15, 0.2) is 12.1 Å². The molecule has 114 valence electrons. The summed E-state index contributed by atoms with van der Waals surface area (Å²) in [5, 5.41) is 0.393. The number of methoxy groups -OCH3 is 1. The highest BCUT2D eigenvalue weighted by Crippen LogP contribution is 2.58. The number of hydrogen-bond donors (Lipinski definition) is 0. The van der Waals surface area contributed by atoms with E-state index in [1.807, 2.05) is 13.0 Å². The zero-order valence-corrected chi connectivity index (χ0v) is 12.9. The van der Waals surface area contributed by atoms with Gasteiger partial charge in [0.05, 0.1) is 25.7 Å². The first-order valence-corrected chi connectivity index (χ1v) is 7.54. The Balaban J connectivity index is 1.77. The minimum Gasteiger partial charge on any atom is -0.481 e. The first-order valence-electron chi connectivity index (χ1n) is 7.16. The topological polar surface area (TPSA) is 61.0 Å². The minimum atomic E-state index is -0.369. The molecule has 0 bridgehead atoms. The van der Waals surface area contributed by atoms with Gasteiger partial charge in [0.1, 0.15) is 10.8 Å². The van der Waals surface area contributed by atoms with Gasteiger partial charge in [-0.2, -0.15) is 0 Å². The first kappa shape index (κ1) is 14.6. The molecule has 0 spiro atoms. The Hall–Kier alpha value is -1.33. The lowest BCUT2D eigenvalue weighted by molar-refractivity contribution is -0.149. The number of nitrogens with zero attached hydrogens (tertiary/aromatic N) is 1. The van der Waals surface area contributed by atoms with E-state index >= 15 is 0 Å². The van der Waals surface area contributed by atoms with Crippen molar-refractivity contribution >= 4 is 17.6 Å². The SMILES string of the molecule is CCOC(=O)C1CCC2(c3ccc(Cl)nc3OC)OC2C1. The van der Waals surface area contributed by atoms with Crippen LogP contribution in [0.4, 0.5) is 0 Å². The number of esters is 1. The number of fused-ring (bicyclic) bond motifs is 1. The summed E-state index contributed by atoms with van der Waals surface area (Å²) in [4.78, 5) is 16.0. The quantitative estimate of drug-likeness (QED) is 0.486. The van der Waals surface area contributed by atoms with Crippen molar-refractivity contribution in [3.05, 3.63) is 22.8 Å². The van der Waals surface area contributed by atoms with Gasteiger partial charge in [0.2, 0.25) is 5.88 Å². The standard InChI is InChI=1S/C15H18ClNO4/c1-3-20-14(18)9-6-7-15(11(8-9)21-15)10-4-5-12(16)17-13(10)19-2/h4-5,9,11H,3,6-8H2,1-2H3. The number of hydrogen-bond acceptors (Lipinski definition) is 5. The van der Waals surface area contributed by atoms with Gasteiger partial charge in [0.15, 0.2) is 0 Å². The number of rotatable bonds is 4. The lowest BCUT2D eigenvalue weighted by atomic mass is 9.79. The molecular formula is C15H18ClNO4. The summed E-state index contributed by atoms with van der Waals surface area (Å²) >= 11 is 5.90. The molecule has 1 aromatic heterocycles. The summed E-state index contributed by atoms with van der Waals surface area (Å²) < 4.78 is 16.3. The lowest BCUT2D eigenvalue weighted by Crippen LogP contribution is -2.28. The highest BCUT2D eigenvalue weighted by Gasteiger charge is 2.62. The number of carbonyl (C=O) groups excluding carboxylic acids is 1. The zero-order chi connectivity index (χ0) is 15.0. The van der Waals surface area contributed by atoms with Gasteiger partial charge < -0.3 is 14.2 Å². The van der Waals surface area contributed by atoms with Crippen molar-refractivity contribution in [2.24, 2.45) is 5.92 Å². The van der Waals surface area contributed by atoms with Crippen LogP contribution in [0, 0.1) is 5.92 Å². The van der Waals surface area contributed by atoms with Crippen LogP contribution >= 0.6 is 11.6 Å². The van der Waals surface area contributed by atoms with Gasteiger partial charge in [-0.15, -0.1) is 0 Å². The van der Waals surface area contributed by atoms with Crippen molar-refractivity contribution in [3.63, 3.8) is 0 Å². The Morgan fingerprint density at radius 3 is 3.05 bits per heavy atom. The van der Waals surface area contributed by atoms with Gasteiger partial charge in [0.25, 0.3) is 0 Å². The molecule has 2 fully saturated rings. The summed E-state index contributed by atoms with van der Waals surface area (Å²) in [5.74, 6) is 0.305. The molecule has 1 aliphatic carbocycles. The maximum atomic E-state index is 11.8. The van der Waals surface area contributed by atoms with Crippen LogP contribution in [0.3, 0.4) is 0 Å². The third kappa shape index (κ3) is 2.49. The smallest absolute Gasteiger partial charge is 0.309 e. The van der Waals surface area contributed by atoms with Crippen molar-refractivity contribution < 1.29 is 19.0 Å². The van der Waals surface area contributed by atoms with Gasteiger partial charge in [0, 0.05) is 5.56 Å². The number of carbonyl (C=O) groups is 1. The van der Waals surface area contributed by atoms with Gasteiger partial charge in [-0.05, 0) is 38.3 Å². The molecule has 3 rings (SSSR count). The predicted molar refractivity (Wildman–Crippen MR) is 76.3 cm³/mol. The van der Waals surface area contributed by atoms with Crippen molar-refractivity contribution in [2.75, 3.05) is 13.7 Å². The largest absolute Gasteiger partial charge is 0.481 e. The average molecular weight is 312 g/mol. The molecule has 2 aliphatic rings. The highest BCUT2D eigenvalue weighted by molar-refractivity contribution is 6.29. The van der Waals surface area contributed by atoms with Gasteiger partial charge in [-0.3, -0.25) is 4.79 Å². The second-order valence-corrected chi connectivity index (χ2v) is 5.80. The van der Waals surface area contributed by atoms with Crippen molar-refractivity contribution in [1.82, 2.24) is 4.98 Å². The van der Waals surface area contributed by atoms with E-state index in [1.54, 1.807) is 13.2 Å². The fourth-order valence-corrected chi connectivity index (χ4v) is 3.32. The van der Waals surface area contributed by atoms with E-state index in [-0.39, 0.29) is 23.6 Å². The van der Waals surface area contributed by atoms with Gasteiger partial charge in [-0.25, -0.2) is 4.98 Å².